The summed E-state index contributed by atoms with van der Waals surface area (Å²) in [4.78, 5) is 33.4. The molecule has 8 nitrogen and oxygen atoms in total. The number of pyridine rings is 2. The Morgan fingerprint density at radius 2 is 1.97 bits per heavy atom. The molecule has 176 valence electrons. The normalized spacial score (nSPS) is 16.5. The summed E-state index contributed by atoms with van der Waals surface area (Å²) in [5.41, 5.74) is 2.33. The molecule has 1 atom stereocenters. The van der Waals surface area contributed by atoms with Gasteiger partial charge in [-0.1, -0.05) is 12.1 Å². The SMILES string of the molecule is CN(C)C(=O)[C@H]1CCCN1Cc1cn(Cc2ccc(F)cc2)c2cnc3c(=O)n(O)ccc3c12. The van der Waals surface area contributed by atoms with Crippen molar-refractivity contribution in [1.82, 2.24) is 24.1 Å². The molecule has 0 radical (unpaired) electrons. The number of carbonyl (C=O) groups is 1. The molecule has 1 saturated heterocycles. The molecular formula is C25H26FN5O3. The summed E-state index contributed by atoms with van der Waals surface area (Å²) in [6.45, 7) is 1.85. The first-order chi connectivity index (χ1) is 16.3. The Balaban J connectivity index is 1.64. The summed E-state index contributed by atoms with van der Waals surface area (Å²) in [6.07, 6.45) is 6.73. The van der Waals surface area contributed by atoms with Crippen molar-refractivity contribution in [3.05, 3.63) is 76.2 Å². The van der Waals surface area contributed by atoms with Crippen molar-refractivity contribution in [2.75, 3.05) is 20.6 Å². The first kappa shape index (κ1) is 22.1. The van der Waals surface area contributed by atoms with Gasteiger partial charge in [0.25, 0.3) is 0 Å². The van der Waals surface area contributed by atoms with E-state index in [0.717, 1.165) is 41.4 Å². The number of hydrogen-bond acceptors (Lipinski definition) is 5. The van der Waals surface area contributed by atoms with Gasteiger partial charge in [-0.05, 0) is 48.7 Å². The summed E-state index contributed by atoms with van der Waals surface area (Å²) < 4.78 is 16.0. The number of fused-ring (bicyclic) bond motifs is 3. The van der Waals surface area contributed by atoms with Gasteiger partial charge in [0, 0.05) is 50.4 Å². The second-order valence-corrected chi connectivity index (χ2v) is 9.02. The molecule has 0 spiro atoms. The molecule has 4 aromatic rings. The largest absolute Gasteiger partial charge is 0.425 e. The Morgan fingerprint density at radius 3 is 2.71 bits per heavy atom. The smallest absolute Gasteiger partial charge is 0.309 e. The third-order valence-corrected chi connectivity index (χ3v) is 6.56. The third kappa shape index (κ3) is 3.81. The Morgan fingerprint density at radius 1 is 1.21 bits per heavy atom. The minimum absolute atomic E-state index is 0.0854. The van der Waals surface area contributed by atoms with E-state index < -0.39 is 5.56 Å². The summed E-state index contributed by atoms with van der Waals surface area (Å²) >= 11 is 0. The van der Waals surface area contributed by atoms with E-state index in [2.05, 4.69) is 9.88 Å². The number of amides is 1. The Kier molecular flexibility index (Phi) is 5.57. The molecule has 0 saturated carbocycles. The van der Waals surface area contributed by atoms with Gasteiger partial charge in [0.2, 0.25) is 5.91 Å². The summed E-state index contributed by atoms with van der Waals surface area (Å²) in [7, 11) is 3.54. The van der Waals surface area contributed by atoms with Crippen LogP contribution in [0, 0.1) is 5.82 Å². The van der Waals surface area contributed by atoms with E-state index >= 15 is 0 Å². The highest BCUT2D eigenvalue weighted by atomic mass is 19.1. The lowest BCUT2D eigenvalue weighted by atomic mass is 10.1. The van der Waals surface area contributed by atoms with Gasteiger partial charge in [-0.2, -0.15) is 4.73 Å². The number of benzene rings is 1. The quantitative estimate of drug-likeness (QED) is 0.460. The average Bonchev–Trinajstić information content (AvgIpc) is 3.42. The summed E-state index contributed by atoms with van der Waals surface area (Å²) in [5, 5.41) is 11.4. The van der Waals surface area contributed by atoms with Crippen LogP contribution >= 0.6 is 0 Å². The molecule has 1 fully saturated rings. The highest BCUT2D eigenvalue weighted by molar-refractivity contribution is 6.06. The number of likely N-dealkylation sites (tertiary alicyclic amines) is 1. The van der Waals surface area contributed by atoms with Crippen LogP contribution in [0.5, 0.6) is 0 Å². The second-order valence-electron chi connectivity index (χ2n) is 9.02. The van der Waals surface area contributed by atoms with Crippen LogP contribution in [0.2, 0.25) is 0 Å². The predicted molar refractivity (Wildman–Crippen MR) is 126 cm³/mol. The molecule has 1 aromatic carbocycles. The number of rotatable bonds is 5. The number of aromatic nitrogens is 3. The highest BCUT2D eigenvalue weighted by Gasteiger charge is 2.32. The molecule has 1 aliphatic rings. The van der Waals surface area contributed by atoms with Crippen LogP contribution in [-0.4, -0.2) is 61.9 Å². The predicted octanol–water partition coefficient (Wildman–Crippen LogP) is 2.83. The van der Waals surface area contributed by atoms with Crippen molar-refractivity contribution in [3.8, 4) is 0 Å². The van der Waals surface area contributed by atoms with Gasteiger partial charge < -0.3 is 14.7 Å². The maximum Gasteiger partial charge on any atom is 0.309 e. The molecule has 4 heterocycles. The zero-order valence-corrected chi connectivity index (χ0v) is 19.1. The van der Waals surface area contributed by atoms with Crippen molar-refractivity contribution < 1.29 is 14.4 Å². The van der Waals surface area contributed by atoms with Crippen molar-refractivity contribution >= 4 is 27.7 Å². The standard InChI is InChI=1S/C25H26FN5O3/c1-28(2)24(32)20-4-3-10-29(20)14-17-15-30(13-16-5-7-18(26)8-6-16)21-12-27-23-19(22(17)21)9-11-31(34)25(23)33/h5-9,11-12,15,20,34H,3-4,10,13-14H2,1-2H3/t20-/m1/s1. The van der Waals surface area contributed by atoms with Gasteiger partial charge in [0.15, 0.2) is 0 Å². The Labute approximate surface area is 195 Å². The molecule has 34 heavy (non-hydrogen) atoms. The van der Waals surface area contributed by atoms with E-state index in [-0.39, 0.29) is 23.3 Å². The zero-order chi connectivity index (χ0) is 24.0. The lowest BCUT2D eigenvalue weighted by Gasteiger charge is -2.26. The van der Waals surface area contributed by atoms with Crippen molar-refractivity contribution in [2.45, 2.75) is 32.0 Å². The Bertz CT molecular complexity index is 1440. The summed E-state index contributed by atoms with van der Waals surface area (Å²) in [6, 6.07) is 7.85. The van der Waals surface area contributed by atoms with Crippen LogP contribution < -0.4 is 5.56 Å². The molecule has 5 rings (SSSR count). The monoisotopic (exact) mass is 463 g/mol. The van der Waals surface area contributed by atoms with E-state index in [1.54, 1.807) is 43.4 Å². The number of nitrogens with zero attached hydrogens (tertiary/aromatic N) is 5. The van der Waals surface area contributed by atoms with Crippen molar-refractivity contribution in [2.24, 2.45) is 0 Å². The maximum absolute atomic E-state index is 13.4. The van der Waals surface area contributed by atoms with Gasteiger partial charge in [-0.15, -0.1) is 0 Å². The fraction of sp³-hybridized carbons (Fsp3) is 0.320. The fourth-order valence-corrected chi connectivity index (χ4v) is 4.90. The molecule has 1 N–H and O–H groups in total. The van der Waals surface area contributed by atoms with Crippen LogP contribution in [0.3, 0.4) is 0 Å². The lowest BCUT2D eigenvalue weighted by molar-refractivity contribution is -0.133. The first-order valence-corrected chi connectivity index (χ1v) is 11.2. The third-order valence-electron chi connectivity index (χ3n) is 6.56. The minimum Gasteiger partial charge on any atom is -0.425 e. The number of hydrogen-bond donors (Lipinski definition) is 1. The Hall–Kier alpha value is -3.72. The first-order valence-electron chi connectivity index (χ1n) is 11.2. The van der Waals surface area contributed by atoms with E-state index in [9.17, 15) is 19.2 Å². The molecule has 0 unspecified atom stereocenters. The molecule has 9 heteroatoms. The van der Waals surface area contributed by atoms with Crippen LogP contribution in [-0.2, 0) is 17.9 Å². The minimum atomic E-state index is -0.585. The molecule has 3 aromatic heterocycles. The van der Waals surface area contributed by atoms with E-state index in [1.165, 1.54) is 18.3 Å². The van der Waals surface area contributed by atoms with E-state index in [4.69, 9.17) is 0 Å². The van der Waals surface area contributed by atoms with Gasteiger partial charge in [0.05, 0.1) is 17.8 Å². The second kappa shape index (κ2) is 8.57. The number of likely N-dealkylation sites (N-methyl/N-ethyl adjacent to an activating group) is 1. The van der Waals surface area contributed by atoms with Gasteiger partial charge in [-0.3, -0.25) is 14.5 Å². The summed E-state index contributed by atoms with van der Waals surface area (Å²) in [5.74, 6) is -0.206. The topological polar surface area (TPSA) is 83.6 Å². The van der Waals surface area contributed by atoms with E-state index in [1.807, 2.05) is 10.8 Å². The zero-order valence-electron chi connectivity index (χ0n) is 19.1. The maximum atomic E-state index is 13.4. The van der Waals surface area contributed by atoms with E-state index in [0.29, 0.717) is 23.2 Å². The van der Waals surface area contributed by atoms with Crippen LogP contribution in [0.15, 0.2) is 53.7 Å². The number of halogens is 1. The fourth-order valence-electron chi connectivity index (χ4n) is 4.90. The van der Waals surface area contributed by atoms with Gasteiger partial charge in [-0.25, -0.2) is 9.37 Å². The number of carbonyl (C=O) groups excluding carboxylic acids is 1. The van der Waals surface area contributed by atoms with Gasteiger partial charge >= 0.3 is 5.56 Å². The van der Waals surface area contributed by atoms with Crippen molar-refractivity contribution in [1.29, 1.82) is 0 Å². The highest BCUT2D eigenvalue weighted by Crippen LogP contribution is 2.31. The average molecular weight is 464 g/mol. The molecule has 1 amide bonds. The van der Waals surface area contributed by atoms with Crippen LogP contribution in [0.25, 0.3) is 21.8 Å². The lowest BCUT2D eigenvalue weighted by Crippen LogP contribution is -2.42. The van der Waals surface area contributed by atoms with Gasteiger partial charge in [0.1, 0.15) is 11.3 Å². The molecule has 1 aliphatic heterocycles. The molecule has 0 bridgehead atoms. The van der Waals surface area contributed by atoms with Crippen molar-refractivity contribution in [3.63, 3.8) is 0 Å². The molecule has 0 aliphatic carbocycles. The van der Waals surface area contributed by atoms with Crippen LogP contribution in [0.1, 0.15) is 24.0 Å². The van der Waals surface area contributed by atoms with Crippen LogP contribution in [0.4, 0.5) is 4.39 Å². The molecular weight excluding hydrogens is 437 g/mol.